The molecule has 0 saturated carbocycles. The fourth-order valence-corrected chi connectivity index (χ4v) is 2.00. The Morgan fingerprint density at radius 2 is 2.22 bits per heavy atom. The van der Waals surface area contributed by atoms with Crippen LogP contribution in [0.4, 0.5) is 5.82 Å². The third kappa shape index (κ3) is 2.98. The summed E-state index contributed by atoms with van der Waals surface area (Å²) in [6, 6.07) is 3.93. The van der Waals surface area contributed by atoms with Gasteiger partial charge in [-0.05, 0) is 24.9 Å². The highest BCUT2D eigenvalue weighted by Gasteiger charge is 2.10. The molecule has 0 radical (unpaired) electrons. The van der Waals surface area contributed by atoms with Gasteiger partial charge < -0.3 is 10.6 Å². The van der Waals surface area contributed by atoms with Gasteiger partial charge in [0.15, 0.2) is 5.65 Å². The molecule has 0 atom stereocenters. The molecule has 0 aliphatic rings. The Morgan fingerprint density at radius 3 is 2.94 bits per heavy atom. The number of aromatic nitrogens is 3. The fourth-order valence-electron chi connectivity index (χ4n) is 2.00. The summed E-state index contributed by atoms with van der Waals surface area (Å²) in [4.78, 5) is 6.92. The lowest BCUT2D eigenvalue weighted by Crippen LogP contribution is -2.30. The van der Waals surface area contributed by atoms with Crippen molar-refractivity contribution in [3.05, 3.63) is 24.5 Å². The molecular formula is C13H21N5. The molecule has 0 aliphatic heterocycles. The van der Waals surface area contributed by atoms with E-state index in [1.165, 1.54) is 0 Å². The molecule has 0 saturated heterocycles. The number of rotatable bonds is 6. The van der Waals surface area contributed by atoms with Gasteiger partial charge in [0.25, 0.3) is 0 Å². The average Bonchev–Trinajstić information content (AvgIpc) is 2.81. The number of anilines is 1. The molecule has 2 aromatic rings. The number of nitrogens with two attached hydrogens (primary N) is 1. The van der Waals surface area contributed by atoms with Crippen molar-refractivity contribution in [3.63, 3.8) is 0 Å². The van der Waals surface area contributed by atoms with Crippen LogP contribution in [0.2, 0.25) is 0 Å². The Bertz CT molecular complexity index is 491. The lowest BCUT2D eigenvalue weighted by Gasteiger charge is -2.25. The summed E-state index contributed by atoms with van der Waals surface area (Å²) in [6.07, 6.45) is 4.70. The highest BCUT2D eigenvalue weighted by atomic mass is 15.3. The van der Waals surface area contributed by atoms with E-state index in [9.17, 15) is 0 Å². The first-order chi connectivity index (χ1) is 8.70. The summed E-state index contributed by atoms with van der Waals surface area (Å²) < 4.78 is 1.78. The minimum atomic E-state index is 0.603. The van der Waals surface area contributed by atoms with Gasteiger partial charge in [0.05, 0.1) is 6.20 Å². The van der Waals surface area contributed by atoms with E-state index in [0.29, 0.717) is 12.5 Å². The van der Waals surface area contributed by atoms with Crippen molar-refractivity contribution in [2.45, 2.75) is 20.3 Å². The minimum Gasteiger partial charge on any atom is -0.356 e. The summed E-state index contributed by atoms with van der Waals surface area (Å²) in [7, 11) is 0. The predicted molar refractivity (Wildman–Crippen MR) is 73.7 cm³/mol. The molecular weight excluding hydrogens is 226 g/mol. The molecule has 5 nitrogen and oxygen atoms in total. The number of hydrogen-bond donors (Lipinski definition) is 1. The molecule has 18 heavy (non-hydrogen) atoms. The SMILES string of the molecule is CC(C)CN(CCCN)c1ccn2nccc2n1. The Labute approximate surface area is 108 Å². The zero-order chi connectivity index (χ0) is 13.0. The van der Waals surface area contributed by atoms with Gasteiger partial charge >= 0.3 is 0 Å². The van der Waals surface area contributed by atoms with E-state index in [4.69, 9.17) is 5.73 Å². The van der Waals surface area contributed by atoms with Crippen molar-refractivity contribution < 1.29 is 0 Å². The first-order valence-electron chi connectivity index (χ1n) is 6.46. The van der Waals surface area contributed by atoms with Crippen LogP contribution < -0.4 is 10.6 Å². The summed E-state index contributed by atoms with van der Waals surface area (Å²) >= 11 is 0. The number of fused-ring (bicyclic) bond motifs is 1. The molecule has 0 spiro atoms. The van der Waals surface area contributed by atoms with Crippen LogP contribution in [0.25, 0.3) is 5.65 Å². The van der Waals surface area contributed by atoms with Crippen molar-refractivity contribution in [2.24, 2.45) is 11.7 Å². The predicted octanol–water partition coefficient (Wildman–Crippen LogP) is 1.54. The minimum absolute atomic E-state index is 0.603. The van der Waals surface area contributed by atoms with E-state index in [1.54, 1.807) is 10.7 Å². The van der Waals surface area contributed by atoms with Crippen LogP contribution in [-0.4, -0.2) is 34.2 Å². The number of nitrogens with zero attached hydrogens (tertiary/aromatic N) is 4. The van der Waals surface area contributed by atoms with E-state index >= 15 is 0 Å². The van der Waals surface area contributed by atoms with Gasteiger partial charge in [0.1, 0.15) is 5.82 Å². The quantitative estimate of drug-likeness (QED) is 0.841. The van der Waals surface area contributed by atoms with Crippen LogP contribution in [0, 0.1) is 5.92 Å². The number of hydrogen-bond acceptors (Lipinski definition) is 4. The molecule has 2 rings (SSSR count). The lowest BCUT2D eigenvalue weighted by atomic mass is 10.2. The maximum atomic E-state index is 5.60. The van der Waals surface area contributed by atoms with Crippen molar-refractivity contribution in [3.8, 4) is 0 Å². The van der Waals surface area contributed by atoms with Crippen LogP contribution >= 0.6 is 0 Å². The highest BCUT2D eigenvalue weighted by Crippen LogP contribution is 2.14. The molecule has 0 unspecified atom stereocenters. The van der Waals surface area contributed by atoms with Crippen LogP contribution in [0.3, 0.4) is 0 Å². The zero-order valence-corrected chi connectivity index (χ0v) is 11.1. The highest BCUT2D eigenvalue weighted by molar-refractivity contribution is 5.47. The molecule has 0 amide bonds. The van der Waals surface area contributed by atoms with Crippen molar-refractivity contribution >= 4 is 11.5 Å². The Morgan fingerprint density at radius 1 is 1.39 bits per heavy atom. The Kier molecular flexibility index (Phi) is 4.15. The fraction of sp³-hybridized carbons (Fsp3) is 0.538. The third-order valence-corrected chi connectivity index (χ3v) is 2.78. The maximum Gasteiger partial charge on any atom is 0.157 e. The van der Waals surface area contributed by atoms with Crippen LogP contribution in [0.5, 0.6) is 0 Å². The molecule has 0 aromatic carbocycles. The Balaban J connectivity index is 2.21. The first kappa shape index (κ1) is 12.8. The average molecular weight is 247 g/mol. The molecule has 0 fully saturated rings. The second-order valence-corrected chi connectivity index (χ2v) is 4.90. The van der Waals surface area contributed by atoms with Crippen LogP contribution in [-0.2, 0) is 0 Å². The molecule has 2 aromatic heterocycles. The Hall–Kier alpha value is -1.62. The lowest BCUT2D eigenvalue weighted by molar-refractivity contribution is 0.596. The molecule has 0 aliphatic carbocycles. The van der Waals surface area contributed by atoms with Crippen LogP contribution in [0.1, 0.15) is 20.3 Å². The molecule has 5 heteroatoms. The van der Waals surface area contributed by atoms with Gasteiger partial charge in [0.2, 0.25) is 0 Å². The van der Waals surface area contributed by atoms with Gasteiger partial charge in [-0.1, -0.05) is 13.8 Å². The molecule has 2 N–H and O–H groups in total. The molecule has 2 heterocycles. The topological polar surface area (TPSA) is 59.5 Å². The normalized spacial score (nSPS) is 11.3. The standard InChI is InChI=1S/C13H21N5/c1-11(2)10-17(8-3-6-14)12-5-9-18-13(16-12)4-7-15-18/h4-5,7,9,11H,3,6,8,10,14H2,1-2H3. The van der Waals surface area contributed by atoms with E-state index in [0.717, 1.165) is 31.0 Å². The monoisotopic (exact) mass is 247 g/mol. The molecule has 0 bridgehead atoms. The van der Waals surface area contributed by atoms with E-state index in [1.807, 2.05) is 18.3 Å². The van der Waals surface area contributed by atoms with E-state index in [2.05, 4.69) is 28.8 Å². The largest absolute Gasteiger partial charge is 0.356 e. The van der Waals surface area contributed by atoms with Gasteiger partial charge in [-0.2, -0.15) is 5.10 Å². The van der Waals surface area contributed by atoms with Crippen molar-refractivity contribution in [1.82, 2.24) is 14.6 Å². The first-order valence-corrected chi connectivity index (χ1v) is 6.46. The smallest absolute Gasteiger partial charge is 0.157 e. The van der Waals surface area contributed by atoms with Gasteiger partial charge in [-0.25, -0.2) is 9.50 Å². The summed E-state index contributed by atoms with van der Waals surface area (Å²) in [5.74, 6) is 1.61. The van der Waals surface area contributed by atoms with Crippen LogP contribution in [0.15, 0.2) is 24.5 Å². The van der Waals surface area contributed by atoms with E-state index in [-0.39, 0.29) is 0 Å². The zero-order valence-electron chi connectivity index (χ0n) is 11.1. The summed E-state index contributed by atoms with van der Waals surface area (Å²) in [5, 5.41) is 4.16. The maximum absolute atomic E-state index is 5.60. The molecule has 98 valence electrons. The third-order valence-electron chi connectivity index (χ3n) is 2.78. The van der Waals surface area contributed by atoms with Crippen molar-refractivity contribution in [2.75, 3.05) is 24.5 Å². The second-order valence-electron chi connectivity index (χ2n) is 4.90. The second kappa shape index (κ2) is 5.82. The van der Waals surface area contributed by atoms with Gasteiger partial charge in [-0.3, -0.25) is 0 Å². The summed E-state index contributed by atoms with van der Waals surface area (Å²) in [5.41, 5.74) is 6.48. The van der Waals surface area contributed by atoms with Crippen molar-refractivity contribution in [1.29, 1.82) is 0 Å². The van der Waals surface area contributed by atoms with E-state index < -0.39 is 0 Å². The van der Waals surface area contributed by atoms with Gasteiger partial charge in [-0.15, -0.1) is 0 Å². The summed E-state index contributed by atoms with van der Waals surface area (Å²) in [6.45, 7) is 7.09. The van der Waals surface area contributed by atoms with Gasteiger partial charge in [0, 0.05) is 25.4 Å².